The van der Waals surface area contributed by atoms with Crippen LogP contribution in [0.5, 0.6) is 0 Å². The Morgan fingerprint density at radius 3 is 2.32 bits per heavy atom. The molecular formula is C15H27N3O. The molecule has 19 heavy (non-hydrogen) atoms. The van der Waals surface area contributed by atoms with Crippen LogP contribution in [-0.2, 0) is 4.79 Å². The Morgan fingerprint density at radius 2 is 1.84 bits per heavy atom. The largest absolute Gasteiger partial charge is 0.354 e. The Bertz CT molecular complexity index is 360. The van der Waals surface area contributed by atoms with Crippen LogP contribution in [0.1, 0.15) is 40.5 Å². The molecule has 1 fully saturated rings. The van der Waals surface area contributed by atoms with Gasteiger partial charge in [-0.05, 0) is 58.2 Å². The number of piperidine rings is 1. The molecule has 0 aliphatic carbocycles. The van der Waals surface area contributed by atoms with Crippen molar-refractivity contribution in [1.29, 1.82) is 5.26 Å². The number of rotatable bonds is 4. The lowest BCUT2D eigenvalue weighted by Crippen LogP contribution is -2.45. The first-order valence-electron chi connectivity index (χ1n) is 7.07. The summed E-state index contributed by atoms with van der Waals surface area (Å²) >= 11 is 0. The van der Waals surface area contributed by atoms with E-state index in [0.29, 0.717) is 12.5 Å². The van der Waals surface area contributed by atoms with Crippen LogP contribution < -0.4 is 5.32 Å². The minimum Gasteiger partial charge on any atom is -0.354 e. The lowest BCUT2D eigenvalue weighted by molar-refractivity contribution is -0.127. The summed E-state index contributed by atoms with van der Waals surface area (Å²) in [7, 11) is 2.15. The Labute approximate surface area is 117 Å². The van der Waals surface area contributed by atoms with Gasteiger partial charge in [0.15, 0.2) is 0 Å². The average Bonchev–Trinajstić information content (AvgIpc) is 2.36. The Morgan fingerprint density at radius 1 is 1.32 bits per heavy atom. The van der Waals surface area contributed by atoms with Gasteiger partial charge in [0.2, 0.25) is 5.91 Å². The molecule has 1 N–H and O–H groups in total. The highest BCUT2D eigenvalue weighted by Gasteiger charge is 2.34. The number of nitrogens with zero attached hydrogens (tertiary/aromatic N) is 2. The zero-order chi connectivity index (χ0) is 14.7. The lowest BCUT2D eigenvalue weighted by atomic mass is 9.73. The summed E-state index contributed by atoms with van der Waals surface area (Å²) in [6, 6.07) is 2.04. The third kappa shape index (κ3) is 4.21. The molecule has 1 rings (SSSR count). The molecule has 0 aromatic rings. The molecule has 4 nitrogen and oxygen atoms in total. The molecule has 0 unspecified atom stereocenters. The van der Waals surface area contributed by atoms with Crippen LogP contribution in [0.4, 0.5) is 0 Å². The fourth-order valence-corrected chi connectivity index (χ4v) is 2.51. The van der Waals surface area contributed by atoms with E-state index in [4.69, 9.17) is 5.26 Å². The maximum Gasteiger partial charge on any atom is 0.239 e. The molecule has 108 valence electrons. The van der Waals surface area contributed by atoms with Crippen LogP contribution in [0.3, 0.4) is 0 Å². The number of hydrogen-bond donors (Lipinski definition) is 1. The van der Waals surface area contributed by atoms with Gasteiger partial charge in [-0.2, -0.15) is 5.26 Å². The predicted octanol–water partition coefficient (Wildman–Crippen LogP) is 2.02. The standard InChI is InChI=1S/C15H27N3O/c1-14(2,10-16)13(19)17-11-15(3,4)12-6-8-18(5)9-7-12/h12H,6-9,11H2,1-5H3,(H,17,19). The number of likely N-dealkylation sites (tertiary alicyclic amines) is 1. The highest BCUT2D eigenvalue weighted by atomic mass is 16.2. The average molecular weight is 265 g/mol. The van der Waals surface area contributed by atoms with Crippen molar-refractivity contribution in [2.24, 2.45) is 16.7 Å². The van der Waals surface area contributed by atoms with Crippen molar-refractivity contribution in [3.63, 3.8) is 0 Å². The van der Waals surface area contributed by atoms with E-state index in [-0.39, 0.29) is 11.3 Å². The molecule has 1 saturated heterocycles. The van der Waals surface area contributed by atoms with Crippen molar-refractivity contribution in [3.8, 4) is 6.07 Å². The molecule has 1 aliphatic rings. The van der Waals surface area contributed by atoms with E-state index in [0.717, 1.165) is 13.1 Å². The molecule has 1 amide bonds. The van der Waals surface area contributed by atoms with Crippen LogP contribution in [0.15, 0.2) is 0 Å². The third-order valence-electron chi connectivity index (χ3n) is 4.38. The SMILES string of the molecule is CN1CCC(C(C)(C)CNC(=O)C(C)(C)C#N)CC1. The summed E-state index contributed by atoms with van der Waals surface area (Å²) in [4.78, 5) is 14.3. The molecule has 0 aromatic heterocycles. The van der Waals surface area contributed by atoms with Gasteiger partial charge in [-0.25, -0.2) is 0 Å². The minimum absolute atomic E-state index is 0.0858. The lowest BCUT2D eigenvalue weighted by Gasteiger charge is -2.40. The quantitative estimate of drug-likeness (QED) is 0.846. The minimum atomic E-state index is -0.942. The van der Waals surface area contributed by atoms with Crippen LogP contribution >= 0.6 is 0 Å². The van der Waals surface area contributed by atoms with Gasteiger partial charge in [-0.15, -0.1) is 0 Å². The van der Waals surface area contributed by atoms with Gasteiger partial charge in [0.1, 0.15) is 5.41 Å². The molecule has 4 heteroatoms. The first-order chi connectivity index (χ1) is 8.69. The number of hydrogen-bond acceptors (Lipinski definition) is 3. The molecule has 1 aliphatic heterocycles. The van der Waals surface area contributed by atoms with E-state index in [2.05, 4.69) is 31.1 Å². The highest BCUT2D eigenvalue weighted by molar-refractivity contribution is 5.84. The Kier molecular flexibility index (Phi) is 4.98. The predicted molar refractivity (Wildman–Crippen MR) is 76.4 cm³/mol. The topological polar surface area (TPSA) is 56.1 Å². The summed E-state index contributed by atoms with van der Waals surface area (Å²) in [5.74, 6) is 0.463. The molecule has 0 radical (unpaired) electrons. The zero-order valence-corrected chi connectivity index (χ0v) is 12.9. The Balaban J connectivity index is 2.52. The summed E-state index contributed by atoms with van der Waals surface area (Å²) < 4.78 is 0. The second-order valence-electron chi connectivity index (χ2n) is 6.99. The van der Waals surface area contributed by atoms with E-state index in [9.17, 15) is 4.79 Å². The van der Waals surface area contributed by atoms with E-state index in [1.165, 1.54) is 12.8 Å². The van der Waals surface area contributed by atoms with Gasteiger partial charge < -0.3 is 10.2 Å². The summed E-state index contributed by atoms with van der Waals surface area (Å²) in [5.41, 5.74) is -0.856. The molecule has 1 heterocycles. The molecule has 0 bridgehead atoms. The summed E-state index contributed by atoms with van der Waals surface area (Å²) in [6.45, 7) is 10.6. The van der Waals surface area contributed by atoms with E-state index < -0.39 is 5.41 Å². The zero-order valence-electron chi connectivity index (χ0n) is 12.9. The fraction of sp³-hybridized carbons (Fsp3) is 0.867. The van der Waals surface area contributed by atoms with Gasteiger partial charge >= 0.3 is 0 Å². The van der Waals surface area contributed by atoms with Crippen LogP contribution in [0.2, 0.25) is 0 Å². The van der Waals surface area contributed by atoms with Gasteiger partial charge in [-0.1, -0.05) is 13.8 Å². The molecule has 0 saturated carbocycles. The second kappa shape index (κ2) is 5.92. The van der Waals surface area contributed by atoms with Crippen molar-refractivity contribution < 1.29 is 4.79 Å². The number of carbonyl (C=O) groups is 1. The summed E-state index contributed by atoms with van der Waals surface area (Å²) in [5, 5.41) is 11.9. The molecular weight excluding hydrogens is 238 g/mol. The van der Waals surface area contributed by atoms with E-state index in [1.54, 1.807) is 13.8 Å². The van der Waals surface area contributed by atoms with Crippen molar-refractivity contribution >= 4 is 5.91 Å². The van der Waals surface area contributed by atoms with Crippen LogP contribution in [0, 0.1) is 28.1 Å². The highest BCUT2D eigenvalue weighted by Crippen LogP contribution is 2.34. The van der Waals surface area contributed by atoms with E-state index >= 15 is 0 Å². The summed E-state index contributed by atoms with van der Waals surface area (Å²) in [6.07, 6.45) is 2.36. The van der Waals surface area contributed by atoms with Crippen molar-refractivity contribution in [2.45, 2.75) is 40.5 Å². The maximum atomic E-state index is 11.9. The fourth-order valence-electron chi connectivity index (χ4n) is 2.51. The normalized spacial score (nSPS) is 18.9. The first kappa shape index (κ1) is 16.0. The molecule has 0 spiro atoms. The first-order valence-corrected chi connectivity index (χ1v) is 7.07. The number of carbonyl (C=O) groups excluding carboxylic acids is 1. The number of nitrogens with one attached hydrogen (secondary N) is 1. The second-order valence-corrected chi connectivity index (χ2v) is 6.99. The van der Waals surface area contributed by atoms with E-state index in [1.807, 2.05) is 6.07 Å². The third-order valence-corrected chi connectivity index (χ3v) is 4.38. The van der Waals surface area contributed by atoms with Gasteiger partial charge in [0.05, 0.1) is 6.07 Å². The molecule has 0 aromatic carbocycles. The molecule has 0 atom stereocenters. The smallest absolute Gasteiger partial charge is 0.239 e. The number of nitriles is 1. The van der Waals surface area contributed by atoms with Gasteiger partial charge in [-0.3, -0.25) is 4.79 Å². The monoisotopic (exact) mass is 265 g/mol. The van der Waals surface area contributed by atoms with Crippen molar-refractivity contribution in [2.75, 3.05) is 26.7 Å². The van der Waals surface area contributed by atoms with Crippen LogP contribution in [-0.4, -0.2) is 37.5 Å². The Hall–Kier alpha value is -1.08. The van der Waals surface area contributed by atoms with Gasteiger partial charge in [0.25, 0.3) is 0 Å². The van der Waals surface area contributed by atoms with Gasteiger partial charge in [0, 0.05) is 6.54 Å². The van der Waals surface area contributed by atoms with Crippen molar-refractivity contribution in [3.05, 3.63) is 0 Å². The maximum absolute atomic E-state index is 11.9. The number of amides is 1. The van der Waals surface area contributed by atoms with Crippen molar-refractivity contribution in [1.82, 2.24) is 10.2 Å². The van der Waals surface area contributed by atoms with Crippen LogP contribution in [0.25, 0.3) is 0 Å².